The SMILES string of the molecule is C1=COC(c2ccccc2)N=N1. The number of azo groups is 1. The van der Waals surface area contributed by atoms with Crippen LogP contribution in [0.15, 0.2) is 53.0 Å². The minimum Gasteiger partial charge on any atom is -0.469 e. The van der Waals surface area contributed by atoms with Crippen molar-refractivity contribution in [1.82, 2.24) is 0 Å². The summed E-state index contributed by atoms with van der Waals surface area (Å²) in [4.78, 5) is 0. The lowest BCUT2D eigenvalue weighted by Gasteiger charge is -2.12. The average molecular weight is 160 g/mol. The predicted octanol–water partition coefficient (Wildman–Crippen LogP) is 2.64. The maximum Gasteiger partial charge on any atom is 0.234 e. The van der Waals surface area contributed by atoms with Crippen LogP contribution >= 0.6 is 0 Å². The summed E-state index contributed by atoms with van der Waals surface area (Å²) in [7, 11) is 0. The summed E-state index contributed by atoms with van der Waals surface area (Å²) in [6, 6.07) is 9.78. The quantitative estimate of drug-likeness (QED) is 0.621. The van der Waals surface area contributed by atoms with E-state index in [2.05, 4.69) is 10.2 Å². The van der Waals surface area contributed by atoms with Gasteiger partial charge in [-0.3, -0.25) is 0 Å². The fraction of sp³-hybridized carbons (Fsp3) is 0.111. The first-order valence-corrected chi connectivity index (χ1v) is 3.72. The molecule has 0 bridgehead atoms. The van der Waals surface area contributed by atoms with Crippen LogP contribution in [0, 0.1) is 0 Å². The van der Waals surface area contributed by atoms with Gasteiger partial charge >= 0.3 is 0 Å². The molecule has 60 valence electrons. The molecular formula is C9H8N2O. The van der Waals surface area contributed by atoms with Crippen molar-refractivity contribution in [2.24, 2.45) is 10.2 Å². The molecule has 1 unspecified atom stereocenters. The summed E-state index contributed by atoms with van der Waals surface area (Å²) < 4.78 is 5.22. The van der Waals surface area contributed by atoms with E-state index in [0.717, 1.165) is 5.56 Å². The number of benzene rings is 1. The Balaban J connectivity index is 2.21. The Morgan fingerprint density at radius 3 is 2.67 bits per heavy atom. The lowest BCUT2D eigenvalue weighted by atomic mass is 10.2. The molecule has 3 heteroatoms. The molecule has 3 nitrogen and oxygen atoms in total. The van der Waals surface area contributed by atoms with Gasteiger partial charge in [-0.2, -0.15) is 5.11 Å². The number of ether oxygens (including phenoxy) is 1. The Morgan fingerprint density at radius 1 is 1.17 bits per heavy atom. The molecule has 0 aromatic heterocycles. The van der Waals surface area contributed by atoms with E-state index < -0.39 is 0 Å². The first-order chi connectivity index (χ1) is 5.97. The van der Waals surface area contributed by atoms with Crippen molar-refractivity contribution in [2.75, 3.05) is 0 Å². The van der Waals surface area contributed by atoms with Crippen molar-refractivity contribution < 1.29 is 4.74 Å². The molecule has 0 aliphatic carbocycles. The van der Waals surface area contributed by atoms with Crippen LogP contribution < -0.4 is 0 Å². The van der Waals surface area contributed by atoms with Crippen molar-refractivity contribution in [1.29, 1.82) is 0 Å². The van der Waals surface area contributed by atoms with Crippen molar-refractivity contribution in [2.45, 2.75) is 6.23 Å². The van der Waals surface area contributed by atoms with Gasteiger partial charge in [-0.25, -0.2) is 0 Å². The zero-order chi connectivity index (χ0) is 8.23. The molecule has 1 heterocycles. The van der Waals surface area contributed by atoms with E-state index >= 15 is 0 Å². The highest BCUT2D eigenvalue weighted by Gasteiger charge is 2.09. The second-order valence-electron chi connectivity index (χ2n) is 2.42. The van der Waals surface area contributed by atoms with Crippen LogP contribution in [0.4, 0.5) is 0 Å². The summed E-state index contributed by atoms with van der Waals surface area (Å²) >= 11 is 0. The number of hydrogen-bond acceptors (Lipinski definition) is 3. The van der Waals surface area contributed by atoms with E-state index in [-0.39, 0.29) is 6.23 Å². The van der Waals surface area contributed by atoms with Gasteiger partial charge in [0.2, 0.25) is 6.23 Å². The van der Waals surface area contributed by atoms with E-state index in [0.29, 0.717) is 0 Å². The molecule has 1 aromatic carbocycles. The Morgan fingerprint density at radius 2 is 2.00 bits per heavy atom. The Hall–Kier alpha value is -1.64. The third kappa shape index (κ3) is 1.34. The second-order valence-corrected chi connectivity index (χ2v) is 2.42. The van der Waals surface area contributed by atoms with Gasteiger partial charge < -0.3 is 4.74 Å². The molecule has 0 spiro atoms. The van der Waals surface area contributed by atoms with Gasteiger partial charge in [0, 0.05) is 5.56 Å². The highest BCUT2D eigenvalue weighted by atomic mass is 16.5. The van der Waals surface area contributed by atoms with Crippen LogP contribution in [-0.2, 0) is 4.74 Å². The van der Waals surface area contributed by atoms with Gasteiger partial charge in [-0.05, 0) is 0 Å². The van der Waals surface area contributed by atoms with Gasteiger partial charge in [0.25, 0.3) is 0 Å². The molecule has 1 aliphatic rings. The summed E-state index contributed by atoms with van der Waals surface area (Å²) in [6.45, 7) is 0. The molecule has 0 radical (unpaired) electrons. The van der Waals surface area contributed by atoms with Crippen molar-refractivity contribution in [3.63, 3.8) is 0 Å². The maximum absolute atomic E-state index is 5.22. The van der Waals surface area contributed by atoms with Gasteiger partial charge in [0.15, 0.2) is 0 Å². The Bertz CT molecular complexity index is 306. The predicted molar refractivity (Wildman–Crippen MR) is 44.3 cm³/mol. The molecule has 12 heavy (non-hydrogen) atoms. The van der Waals surface area contributed by atoms with Gasteiger partial charge in [-0.15, -0.1) is 5.11 Å². The van der Waals surface area contributed by atoms with Crippen molar-refractivity contribution in [3.8, 4) is 0 Å². The number of nitrogens with zero attached hydrogens (tertiary/aromatic N) is 2. The van der Waals surface area contributed by atoms with Crippen molar-refractivity contribution >= 4 is 0 Å². The minimum absolute atomic E-state index is 0.267. The molecule has 0 amide bonds. The average Bonchev–Trinajstić information content (AvgIpc) is 2.21. The number of hydrogen-bond donors (Lipinski definition) is 0. The first kappa shape index (κ1) is 7.03. The molecule has 0 fully saturated rings. The highest BCUT2D eigenvalue weighted by Crippen LogP contribution is 2.21. The monoisotopic (exact) mass is 160 g/mol. The zero-order valence-electron chi connectivity index (χ0n) is 6.42. The van der Waals surface area contributed by atoms with Crippen LogP contribution in [0.25, 0.3) is 0 Å². The Labute approximate surface area is 70.4 Å². The molecule has 0 N–H and O–H groups in total. The standard InChI is InChI=1S/C9H8N2O/c1-2-4-8(5-3-1)9-11-10-6-7-12-9/h1-7,9H. The summed E-state index contributed by atoms with van der Waals surface area (Å²) in [5.41, 5.74) is 1.02. The van der Waals surface area contributed by atoms with E-state index in [9.17, 15) is 0 Å². The highest BCUT2D eigenvalue weighted by molar-refractivity contribution is 5.17. The normalized spacial score (nSPS) is 20.5. The molecule has 1 aromatic rings. The van der Waals surface area contributed by atoms with E-state index in [1.807, 2.05) is 30.3 Å². The number of rotatable bonds is 1. The van der Waals surface area contributed by atoms with Crippen LogP contribution in [0.5, 0.6) is 0 Å². The molecule has 2 rings (SSSR count). The lowest BCUT2D eigenvalue weighted by Crippen LogP contribution is -1.97. The van der Waals surface area contributed by atoms with Crippen LogP contribution in [0.1, 0.15) is 11.8 Å². The lowest BCUT2D eigenvalue weighted by molar-refractivity contribution is 0.139. The van der Waals surface area contributed by atoms with Crippen molar-refractivity contribution in [3.05, 3.63) is 48.4 Å². The largest absolute Gasteiger partial charge is 0.469 e. The molecular weight excluding hydrogens is 152 g/mol. The molecule has 1 aliphatic heterocycles. The zero-order valence-corrected chi connectivity index (χ0v) is 6.42. The van der Waals surface area contributed by atoms with Gasteiger partial charge in [0.1, 0.15) is 6.26 Å². The van der Waals surface area contributed by atoms with Gasteiger partial charge in [-0.1, -0.05) is 30.3 Å². The second kappa shape index (κ2) is 3.17. The smallest absolute Gasteiger partial charge is 0.234 e. The van der Waals surface area contributed by atoms with Crippen LogP contribution in [0.3, 0.4) is 0 Å². The summed E-state index contributed by atoms with van der Waals surface area (Å²) in [5, 5.41) is 7.67. The van der Waals surface area contributed by atoms with Gasteiger partial charge in [0.05, 0.1) is 6.20 Å². The van der Waals surface area contributed by atoms with E-state index in [1.165, 1.54) is 6.20 Å². The summed E-state index contributed by atoms with van der Waals surface area (Å²) in [6.07, 6.45) is 2.81. The molecule has 0 saturated carbocycles. The third-order valence-electron chi connectivity index (χ3n) is 1.59. The fourth-order valence-electron chi connectivity index (χ4n) is 1.03. The van der Waals surface area contributed by atoms with Crippen LogP contribution in [0.2, 0.25) is 0 Å². The molecule has 1 atom stereocenters. The topological polar surface area (TPSA) is 34.0 Å². The van der Waals surface area contributed by atoms with E-state index in [1.54, 1.807) is 6.26 Å². The molecule has 0 saturated heterocycles. The fourth-order valence-corrected chi connectivity index (χ4v) is 1.03. The van der Waals surface area contributed by atoms with E-state index in [4.69, 9.17) is 4.74 Å². The summed E-state index contributed by atoms with van der Waals surface area (Å²) in [5.74, 6) is 0. The Kier molecular flexibility index (Phi) is 1.86. The maximum atomic E-state index is 5.22. The third-order valence-corrected chi connectivity index (χ3v) is 1.59. The first-order valence-electron chi connectivity index (χ1n) is 3.72. The van der Waals surface area contributed by atoms with Crippen LogP contribution in [-0.4, -0.2) is 0 Å². The minimum atomic E-state index is -0.267.